The highest BCUT2D eigenvalue weighted by molar-refractivity contribution is 5.00. The highest BCUT2D eigenvalue weighted by Gasteiger charge is 2.02. The van der Waals surface area contributed by atoms with Gasteiger partial charge in [0.2, 0.25) is 0 Å². The molecule has 0 N–H and O–H groups in total. The highest BCUT2D eigenvalue weighted by atomic mass is 16.7. The molecule has 0 fully saturated rings. The molecule has 4 heteroatoms. The zero-order valence-electron chi connectivity index (χ0n) is 6.53. The minimum atomic E-state index is 0.759. The van der Waals surface area contributed by atoms with E-state index in [9.17, 15) is 0 Å². The first-order chi connectivity index (χ1) is 5.27. The van der Waals surface area contributed by atoms with Crippen LogP contribution in [0.3, 0.4) is 0 Å². The van der Waals surface area contributed by atoms with Crippen molar-refractivity contribution >= 4 is 0 Å². The predicted molar refractivity (Wildman–Crippen MR) is 38.5 cm³/mol. The second-order valence-corrected chi connectivity index (χ2v) is 2.16. The number of rotatable bonds is 2. The quantitative estimate of drug-likeness (QED) is 0.583. The molecule has 58 valence electrons. The third-order valence-corrected chi connectivity index (χ3v) is 1.32. The third-order valence-electron chi connectivity index (χ3n) is 1.32. The summed E-state index contributed by atoms with van der Waals surface area (Å²) in [4.78, 5) is 8.74. The summed E-state index contributed by atoms with van der Waals surface area (Å²) in [7, 11) is 0. The van der Waals surface area contributed by atoms with E-state index in [4.69, 9.17) is 5.26 Å². The van der Waals surface area contributed by atoms with Gasteiger partial charge in [-0.05, 0) is 6.92 Å². The summed E-state index contributed by atoms with van der Waals surface area (Å²) in [6.45, 7) is 3.81. The van der Waals surface area contributed by atoms with Crippen molar-refractivity contribution < 1.29 is 4.84 Å². The van der Waals surface area contributed by atoms with Gasteiger partial charge in [0, 0.05) is 6.42 Å². The van der Waals surface area contributed by atoms with Gasteiger partial charge >= 0.3 is 6.26 Å². The Kier molecular flexibility index (Phi) is 2.12. The molecule has 0 aliphatic carbocycles. The van der Waals surface area contributed by atoms with E-state index in [2.05, 4.69) is 9.82 Å². The summed E-state index contributed by atoms with van der Waals surface area (Å²) in [6, 6.07) is 0. The fraction of sp³-hybridized carbons (Fsp3) is 0.429. The minimum Gasteiger partial charge on any atom is -0.293 e. The number of imidazole rings is 1. The standard InChI is InChI=1S/C7H9N3O/c1-3-7-9-6(2)4-10(7)11-5-8/h4H,3H2,1-2H3. The lowest BCUT2D eigenvalue weighted by molar-refractivity contribution is 0.220. The van der Waals surface area contributed by atoms with Crippen LogP contribution < -0.4 is 4.84 Å². The van der Waals surface area contributed by atoms with Crippen molar-refractivity contribution in [3.8, 4) is 6.26 Å². The summed E-state index contributed by atoms with van der Waals surface area (Å²) in [5.74, 6) is 0.768. The molecule has 0 radical (unpaired) electrons. The Balaban J connectivity index is 2.94. The van der Waals surface area contributed by atoms with Gasteiger partial charge < -0.3 is 0 Å². The fourth-order valence-electron chi connectivity index (χ4n) is 0.884. The van der Waals surface area contributed by atoms with Gasteiger partial charge in [-0.25, -0.2) is 4.98 Å². The van der Waals surface area contributed by atoms with E-state index in [0.717, 1.165) is 17.9 Å². The lowest BCUT2D eigenvalue weighted by Gasteiger charge is -1.96. The molecule has 0 aliphatic rings. The van der Waals surface area contributed by atoms with Crippen LogP contribution in [0, 0.1) is 18.4 Å². The first kappa shape index (κ1) is 7.61. The van der Waals surface area contributed by atoms with E-state index in [-0.39, 0.29) is 0 Å². The second-order valence-electron chi connectivity index (χ2n) is 2.16. The topological polar surface area (TPSA) is 50.8 Å². The van der Waals surface area contributed by atoms with Crippen LogP contribution in [0.5, 0.6) is 0 Å². The number of aryl methyl sites for hydroxylation is 2. The number of hydrogen-bond donors (Lipinski definition) is 0. The summed E-state index contributed by atoms with van der Waals surface area (Å²) < 4.78 is 1.38. The highest BCUT2D eigenvalue weighted by Crippen LogP contribution is 2.00. The van der Waals surface area contributed by atoms with Crippen molar-refractivity contribution in [1.29, 1.82) is 5.26 Å². The molecule has 0 aliphatic heterocycles. The Morgan fingerprint density at radius 2 is 2.55 bits per heavy atom. The van der Waals surface area contributed by atoms with Crippen LogP contribution in [0.25, 0.3) is 0 Å². The molecular weight excluding hydrogens is 142 g/mol. The number of hydrogen-bond acceptors (Lipinski definition) is 3. The largest absolute Gasteiger partial charge is 0.315 e. The van der Waals surface area contributed by atoms with Gasteiger partial charge in [0.15, 0.2) is 0 Å². The zero-order valence-corrected chi connectivity index (χ0v) is 6.53. The maximum absolute atomic E-state index is 8.23. The average Bonchev–Trinajstić information content (AvgIpc) is 2.32. The van der Waals surface area contributed by atoms with Gasteiger partial charge in [0.05, 0.1) is 11.9 Å². The molecule has 1 aromatic heterocycles. The van der Waals surface area contributed by atoms with Gasteiger partial charge in [-0.2, -0.15) is 4.73 Å². The first-order valence-electron chi connectivity index (χ1n) is 3.39. The predicted octanol–water partition coefficient (Wildman–Crippen LogP) is 0.664. The van der Waals surface area contributed by atoms with Gasteiger partial charge in [-0.3, -0.25) is 4.84 Å². The van der Waals surface area contributed by atoms with Crippen LogP contribution in [-0.2, 0) is 6.42 Å². The van der Waals surface area contributed by atoms with Crippen LogP contribution in [0.1, 0.15) is 18.4 Å². The van der Waals surface area contributed by atoms with Crippen LogP contribution in [0.4, 0.5) is 0 Å². The lowest BCUT2D eigenvalue weighted by Crippen LogP contribution is -2.07. The molecule has 0 unspecified atom stereocenters. The molecule has 0 amide bonds. The van der Waals surface area contributed by atoms with Crippen LogP contribution in [0.2, 0.25) is 0 Å². The summed E-state index contributed by atoms with van der Waals surface area (Å²) in [5.41, 5.74) is 0.858. The van der Waals surface area contributed by atoms with Crippen molar-refractivity contribution in [2.24, 2.45) is 0 Å². The Morgan fingerprint density at radius 1 is 1.82 bits per heavy atom. The van der Waals surface area contributed by atoms with E-state index in [1.54, 1.807) is 12.5 Å². The zero-order chi connectivity index (χ0) is 8.27. The van der Waals surface area contributed by atoms with E-state index in [1.165, 1.54) is 4.73 Å². The van der Waals surface area contributed by atoms with Crippen molar-refractivity contribution in [3.63, 3.8) is 0 Å². The molecule has 11 heavy (non-hydrogen) atoms. The van der Waals surface area contributed by atoms with E-state index >= 15 is 0 Å². The summed E-state index contributed by atoms with van der Waals surface area (Å²) in [6.07, 6.45) is 4.04. The SMILES string of the molecule is CCc1nc(C)cn1OC#N. The van der Waals surface area contributed by atoms with E-state index in [0.29, 0.717) is 0 Å². The minimum absolute atomic E-state index is 0.759. The van der Waals surface area contributed by atoms with E-state index in [1.807, 2.05) is 13.8 Å². The molecule has 0 bridgehead atoms. The molecule has 1 aromatic rings. The Labute approximate surface area is 65.0 Å². The van der Waals surface area contributed by atoms with Crippen molar-refractivity contribution in [2.75, 3.05) is 0 Å². The smallest absolute Gasteiger partial charge is 0.293 e. The Hall–Kier alpha value is -1.50. The van der Waals surface area contributed by atoms with Crippen LogP contribution in [-0.4, -0.2) is 9.71 Å². The number of nitriles is 1. The molecule has 0 aromatic carbocycles. The van der Waals surface area contributed by atoms with Crippen molar-refractivity contribution in [3.05, 3.63) is 17.7 Å². The van der Waals surface area contributed by atoms with Crippen molar-refractivity contribution in [2.45, 2.75) is 20.3 Å². The fourth-order valence-corrected chi connectivity index (χ4v) is 0.884. The van der Waals surface area contributed by atoms with Gasteiger partial charge in [-0.15, -0.1) is 5.26 Å². The van der Waals surface area contributed by atoms with Crippen molar-refractivity contribution in [1.82, 2.24) is 9.71 Å². The van der Waals surface area contributed by atoms with Gasteiger partial charge in [-0.1, -0.05) is 6.92 Å². The monoisotopic (exact) mass is 151 g/mol. The number of aromatic nitrogens is 2. The maximum atomic E-state index is 8.23. The first-order valence-corrected chi connectivity index (χ1v) is 3.39. The molecule has 0 saturated carbocycles. The normalized spacial score (nSPS) is 9.18. The molecule has 1 rings (SSSR count). The Morgan fingerprint density at radius 3 is 3.09 bits per heavy atom. The molecule has 4 nitrogen and oxygen atoms in total. The molecular formula is C7H9N3O. The molecule has 0 saturated heterocycles. The van der Waals surface area contributed by atoms with Gasteiger partial charge in [0.25, 0.3) is 0 Å². The van der Waals surface area contributed by atoms with Crippen LogP contribution in [0.15, 0.2) is 6.20 Å². The second kappa shape index (κ2) is 3.06. The van der Waals surface area contributed by atoms with Crippen LogP contribution >= 0.6 is 0 Å². The molecule has 0 atom stereocenters. The number of nitrogens with zero attached hydrogens (tertiary/aromatic N) is 3. The third kappa shape index (κ3) is 1.49. The Bertz CT molecular complexity index is 284. The summed E-state index contributed by atoms with van der Waals surface area (Å²) >= 11 is 0. The van der Waals surface area contributed by atoms with Gasteiger partial charge in [0.1, 0.15) is 5.82 Å². The average molecular weight is 151 g/mol. The molecule has 1 heterocycles. The summed E-state index contributed by atoms with van der Waals surface area (Å²) in [5, 5.41) is 8.23. The maximum Gasteiger partial charge on any atom is 0.315 e. The van der Waals surface area contributed by atoms with E-state index < -0.39 is 0 Å². The molecule has 0 spiro atoms. The lowest BCUT2D eigenvalue weighted by atomic mass is 10.5.